The Morgan fingerprint density at radius 2 is 2.08 bits per heavy atom. The molecule has 0 bridgehead atoms. The Hall–Kier alpha value is -2.61. The van der Waals surface area contributed by atoms with Gasteiger partial charge >= 0.3 is 0 Å². The summed E-state index contributed by atoms with van der Waals surface area (Å²) in [6.07, 6.45) is 1.44. The maximum atomic E-state index is 12.6. The first-order valence-corrected chi connectivity index (χ1v) is 8.16. The molecule has 0 saturated heterocycles. The number of hydrogen-bond acceptors (Lipinski definition) is 7. The van der Waals surface area contributed by atoms with Crippen LogP contribution in [0.2, 0.25) is 0 Å². The zero-order valence-electron chi connectivity index (χ0n) is 13.5. The largest absolute Gasteiger partial charge is 0.497 e. The van der Waals surface area contributed by atoms with Gasteiger partial charge in [0.15, 0.2) is 5.78 Å². The molecule has 0 aliphatic carbocycles. The molecule has 8 heteroatoms. The van der Waals surface area contributed by atoms with E-state index in [4.69, 9.17) is 9.47 Å². The van der Waals surface area contributed by atoms with Gasteiger partial charge in [0, 0.05) is 5.69 Å². The fourth-order valence-corrected chi connectivity index (χ4v) is 3.19. The number of aryl methyl sites for hydroxylation is 1. The van der Waals surface area contributed by atoms with Crippen molar-refractivity contribution in [3.05, 3.63) is 41.9 Å². The van der Waals surface area contributed by atoms with Crippen LogP contribution >= 0.6 is 11.8 Å². The lowest BCUT2D eigenvalue weighted by molar-refractivity contribution is 0.101. The average Bonchev–Trinajstić information content (AvgIpc) is 3.07. The number of ether oxygens (including phenoxy) is 2. The number of carbonyl (C=O) groups excluding carboxylic acids is 1. The lowest BCUT2D eigenvalue weighted by atomic mass is 10.1. The number of Topliss-reactive ketones (excluding diaryl/α,β-unsaturated/α-hetero) is 1. The van der Waals surface area contributed by atoms with E-state index >= 15 is 0 Å². The first-order chi connectivity index (χ1) is 11.6. The molecule has 0 atom stereocenters. The summed E-state index contributed by atoms with van der Waals surface area (Å²) in [5.74, 6) is 1.84. The summed E-state index contributed by atoms with van der Waals surface area (Å²) in [5.41, 5.74) is 1.31. The molecule has 0 saturated carbocycles. The van der Waals surface area contributed by atoms with E-state index in [1.807, 2.05) is 13.0 Å². The van der Waals surface area contributed by atoms with Crippen LogP contribution in [0, 0.1) is 6.92 Å². The van der Waals surface area contributed by atoms with Crippen molar-refractivity contribution >= 4 is 23.3 Å². The number of aromatic nitrogens is 4. The van der Waals surface area contributed by atoms with Gasteiger partial charge in [-0.05, 0) is 31.2 Å². The van der Waals surface area contributed by atoms with Gasteiger partial charge in [0.25, 0.3) is 5.78 Å². The highest BCUT2D eigenvalue weighted by Crippen LogP contribution is 2.27. The summed E-state index contributed by atoms with van der Waals surface area (Å²) >= 11 is 1.38. The monoisotopic (exact) mass is 344 g/mol. The summed E-state index contributed by atoms with van der Waals surface area (Å²) < 4.78 is 12.1. The third-order valence-electron chi connectivity index (χ3n) is 3.41. The maximum Gasteiger partial charge on any atom is 0.253 e. The van der Waals surface area contributed by atoms with Crippen molar-refractivity contribution in [2.75, 3.05) is 20.0 Å². The Balaban J connectivity index is 1.84. The van der Waals surface area contributed by atoms with Gasteiger partial charge in [0.2, 0.25) is 0 Å². The van der Waals surface area contributed by atoms with Crippen LogP contribution in [0.3, 0.4) is 0 Å². The average molecular weight is 344 g/mol. The Morgan fingerprint density at radius 3 is 2.83 bits per heavy atom. The molecular weight excluding hydrogens is 328 g/mol. The predicted molar refractivity (Wildman–Crippen MR) is 90.1 cm³/mol. The van der Waals surface area contributed by atoms with Crippen LogP contribution in [0.15, 0.2) is 35.6 Å². The van der Waals surface area contributed by atoms with Crippen LogP contribution in [0.25, 0.3) is 5.78 Å². The lowest BCUT2D eigenvalue weighted by Gasteiger charge is -2.10. The molecule has 0 unspecified atom stereocenters. The molecule has 1 aromatic carbocycles. The molecule has 3 rings (SSSR count). The van der Waals surface area contributed by atoms with Crippen LogP contribution < -0.4 is 9.47 Å². The number of thioether (sulfide) groups is 1. The van der Waals surface area contributed by atoms with E-state index in [0.717, 1.165) is 10.7 Å². The van der Waals surface area contributed by atoms with Gasteiger partial charge in [-0.2, -0.15) is 14.6 Å². The van der Waals surface area contributed by atoms with Crippen LogP contribution in [0.1, 0.15) is 16.1 Å². The summed E-state index contributed by atoms with van der Waals surface area (Å²) in [6.45, 7) is 1.88. The van der Waals surface area contributed by atoms with Crippen molar-refractivity contribution in [3.63, 3.8) is 0 Å². The molecule has 0 spiro atoms. The van der Waals surface area contributed by atoms with Gasteiger partial charge in [0.05, 0.1) is 25.5 Å². The van der Waals surface area contributed by atoms with Crippen molar-refractivity contribution in [3.8, 4) is 11.5 Å². The van der Waals surface area contributed by atoms with E-state index in [1.54, 1.807) is 29.8 Å². The topological polar surface area (TPSA) is 78.6 Å². The van der Waals surface area contributed by atoms with Gasteiger partial charge in [0.1, 0.15) is 22.9 Å². The van der Waals surface area contributed by atoms with E-state index < -0.39 is 0 Å². The van der Waals surface area contributed by atoms with Crippen molar-refractivity contribution < 1.29 is 14.3 Å². The van der Waals surface area contributed by atoms with Gasteiger partial charge in [-0.3, -0.25) is 4.79 Å². The highest BCUT2D eigenvalue weighted by Gasteiger charge is 2.15. The van der Waals surface area contributed by atoms with Crippen LogP contribution in [0.5, 0.6) is 11.5 Å². The van der Waals surface area contributed by atoms with Crippen molar-refractivity contribution in [2.24, 2.45) is 0 Å². The summed E-state index contributed by atoms with van der Waals surface area (Å²) in [4.78, 5) is 21.0. The van der Waals surface area contributed by atoms with E-state index in [1.165, 1.54) is 25.2 Å². The van der Waals surface area contributed by atoms with Crippen molar-refractivity contribution in [2.45, 2.75) is 11.9 Å². The van der Waals surface area contributed by atoms with E-state index in [9.17, 15) is 4.79 Å². The first kappa shape index (κ1) is 16.3. The molecule has 24 heavy (non-hydrogen) atoms. The molecule has 2 heterocycles. The molecule has 2 aromatic heterocycles. The zero-order valence-corrected chi connectivity index (χ0v) is 14.3. The SMILES string of the molecule is COc1ccc(OC)c(C(=O)CSc2cc(C)nc3ncnn23)c1. The molecule has 124 valence electrons. The second-order valence-corrected chi connectivity index (χ2v) is 5.98. The van der Waals surface area contributed by atoms with E-state index in [-0.39, 0.29) is 11.5 Å². The highest BCUT2D eigenvalue weighted by atomic mass is 32.2. The van der Waals surface area contributed by atoms with Crippen molar-refractivity contribution in [1.82, 2.24) is 19.6 Å². The number of carbonyl (C=O) groups is 1. The maximum absolute atomic E-state index is 12.6. The quantitative estimate of drug-likeness (QED) is 0.386. The fourth-order valence-electron chi connectivity index (χ4n) is 2.25. The Labute approximate surface area is 143 Å². The highest BCUT2D eigenvalue weighted by molar-refractivity contribution is 7.99. The molecule has 0 aliphatic heterocycles. The summed E-state index contributed by atoms with van der Waals surface area (Å²) in [7, 11) is 3.10. The third kappa shape index (κ3) is 3.18. The molecule has 0 amide bonds. The van der Waals surface area contributed by atoms with Crippen LogP contribution in [0.4, 0.5) is 0 Å². The second kappa shape index (κ2) is 6.88. The molecule has 7 nitrogen and oxygen atoms in total. The molecule has 0 aliphatic rings. The fraction of sp³-hybridized carbons (Fsp3) is 0.250. The normalized spacial score (nSPS) is 10.8. The minimum absolute atomic E-state index is 0.0570. The molecular formula is C16H16N4O3S. The molecule has 0 N–H and O–H groups in total. The summed E-state index contributed by atoms with van der Waals surface area (Å²) in [5, 5.41) is 4.95. The molecule has 0 radical (unpaired) electrons. The lowest BCUT2D eigenvalue weighted by Crippen LogP contribution is -2.07. The minimum Gasteiger partial charge on any atom is -0.497 e. The Bertz CT molecular complexity index is 894. The van der Waals surface area contributed by atoms with Gasteiger partial charge < -0.3 is 9.47 Å². The number of methoxy groups -OCH3 is 2. The number of benzene rings is 1. The van der Waals surface area contributed by atoms with Crippen molar-refractivity contribution in [1.29, 1.82) is 0 Å². The van der Waals surface area contributed by atoms with Gasteiger partial charge in [-0.15, -0.1) is 0 Å². The van der Waals surface area contributed by atoms with Crippen LogP contribution in [-0.4, -0.2) is 45.3 Å². The van der Waals surface area contributed by atoms with Gasteiger partial charge in [-0.1, -0.05) is 11.8 Å². The predicted octanol–water partition coefficient (Wildman–Crippen LogP) is 2.42. The number of rotatable bonds is 6. The number of ketones is 1. The standard InChI is InChI=1S/C16H16N4O3S/c1-10-6-15(20-16(19-10)17-9-18-20)24-8-13(21)12-7-11(22-2)4-5-14(12)23-3/h4-7,9H,8H2,1-3H3. The summed E-state index contributed by atoms with van der Waals surface area (Å²) in [6, 6.07) is 7.05. The van der Waals surface area contributed by atoms with Gasteiger partial charge in [-0.25, -0.2) is 4.98 Å². The zero-order chi connectivity index (χ0) is 17.1. The Morgan fingerprint density at radius 1 is 1.25 bits per heavy atom. The first-order valence-electron chi connectivity index (χ1n) is 7.18. The Kier molecular flexibility index (Phi) is 4.66. The number of nitrogens with zero attached hydrogens (tertiary/aromatic N) is 4. The van der Waals surface area contributed by atoms with E-state index in [2.05, 4.69) is 15.1 Å². The number of fused-ring (bicyclic) bond motifs is 1. The minimum atomic E-state index is -0.0570. The third-order valence-corrected chi connectivity index (χ3v) is 4.40. The second-order valence-electron chi connectivity index (χ2n) is 4.99. The van der Waals surface area contributed by atoms with Crippen LogP contribution in [-0.2, 0) is 0 Å². The molecule has 0 fully saturated rings. The van der Waals surface area contributed by atoms with E-state index in [0.29, 0.717) is 22.8 Å². The molecule has 3 aromatic rings. The smallest absolute Gasteiger partial charge is 0.253 e. The number of hydrogen-bond donors (Lipinski definition) is 0.